The lowest BCUT2D eigenvalue weighted by atomic mass is 10.1. The van der Waals surface area contributed by atoms with E-state index >= 15 is 0 Å². The van der Waals surface area contributed by atoms with Crippen LogP contribution in [0.4, 0.5) is 0 Å². The van der Waals surface area contributed by atoms with Crippen LogP contribution in [0.5, 0.6) is 0 Å². The molecule has 1 aliphatic heterocycles. The summed E-state index contributed by atoms with van der Waals surface area (Å²) < 4.78 is 1.05. The smallest absolute Gasteiger partial charge is 0.233 e. The predicted octanol–water partition coefficient (Wildman–Crippen LogP) is 3.91. The second-order valence-corrected chi connectivity index (χ2v) is 6.87. The van der Waals surface area contributed by atoms with Crippen molar-refractivity contribution in [2.24, 2.45) is 0 Å². The lowest BCUT2D eigenvalue weighted by molar-refractivity contribution is -0.121. The van der Waals surface area contributed by atoms with E-state index in [4.69, 9.17) is 0 Å². The van der Waals surface area contributed by atoms with Crippen molar-refractivity contribution in [3.8, 4) is 0 Å². The molecular formula is C14H18BrNOS. The van der Waals surface area contributed by atoms with Gasteiger partial charge in [-0.2, -0.15) is 0 Å². The zero-order chi connectivity index (χ0) is 13.0. The summed E-state index contributed by atoms with van der Waals surface area (Å²) in [6.07, 6.45) is 3.44. The van der Waals surface area contributed by atoms with E-state index in [0.717, 1.165) is 22.2 Å². The van der Waals surface area contributed by atoms with Gasteiger partial charge < -0.3 is 5.32 Å². The standard InChI is InChI=1S/C14H18BrNOS/c1-10(11-5-4-6-12(15)9-11)16-14(17)13-7-2-3-8-18-13/h4-6,9-10,13H,2-3,7-8H2,1H3,(H,16,17). The summed E-state index contributed by atoms with van der Waals surface area (Å²) in [5.41, 5.74) is 1.14. The minimum absolute atomic E-state index is 0.0672. The molecule has 0 radical (unpaired) electrons. The zero-order valence-electron chi connectivity index (χ0n) is 10.5. The Morgan fingerprint density at radius 2 is 2.33 bits per heavy atom. The van der Waals surface area contributed by atoms with E-state index in [1.807, 2.05) is 25.1 Å². The van der Waals surface area contributed by atoms with Crippen molar-refractivity contribution in [3.05, 3.63) is 34.3 Å². The Morgan fingerprint density at radius 1 is 1.50 bits per heavy atom. The molecular weight excluding hydrogens is 310 g/mol. The zero-order valence-corrected chi connectivity index (χ0v) is 12.9. The SMILES string of the molecule is CC(NC(=O)C1CCCCS1)c1cccc(Br)c1. The summed E-state index contributed by atoms with van der Waals surface area (Å²) in [5, 5.41) is 3.26. The Hall–Kier alpha value is -0.480. The van der Waals surface area contributed by atoms with Gasteiger partial charge in [-0.3, -0.25) is 4.79 Å². The average molecular weight is 328 g/mol. The summed E-state index contributed by atoms with van der Waals surface area (Å²) in [4.78, 5) is 12.1. The third-order valence-corrected chi connectivity index (χ3v) is 5.05. The largest absolute Gasteiger partial charge is 0.349 e. The van der Waals surface area contributed by atoms with Crippen molar-refractivity contribution in [1.29, 1.82) is 0 Å². The summed E-state index contributed by atoms with van der Waals surface area (Å²) >= 11 is 5.25. The lowest BCUT2D eigenvalue weighted by Crippen LogP contribution is -2.35. The molecule has 1 saturated heterocycles. The number of rotatable bonds is 3. The number of halogens is 1. The van der Waals surface area contributed by atoms with Gasteiger partial charge in [-0.25, -0.2) is 0 Å². The van der Waals surface area contributed by atoms with Crippen LogP contribution in [0.2, 0.25) is 0 Å². The van der Waals surface area contributed by atoms with Gasteiger partial charge in [0.1, 0.15) is 0 Å². The highest BCUT2D eigenvalue weighted by Gasteiger charge is 2.23. The molecule has 4 heteroatoms. The molecule has 0 bridgehead atoms. The molecule has 2 unspecified atom stereocenters. The Bertz CT molecular complexity index is 418. The van der Waals surface area contributed by atoms with Gasteiger partial charge >= 0.3 is 0 Å². The molecule has 1 amide bonds. The number of hydrogen-bond acceptors (Lipinski definition) is 2. The summed E-state index contributed by atoms with van der Waals surface area (Å²) in [6, 6.07) is 8.16. The number of benzene rings is 1. The van der Waals surface area contributed by atoms with Gasteiger partial charge in [0.05, 0.1) is 11.3 Å². The van der Waals surface area contributed by atoms with Crippen LogP contribution >= 0.6 is 27.7 Å². The molecule has 1 aromatic rings. The van der Waals surface area contributed by atoms with Crippen molar-refractivity contribution in [1.82, 2.24) is 5.32 Å². The van der Waals surface area contributed by atoms with Crippen molar-refractivity contribution >= 4 is 33.6 Å². The second kappa shape index (κ2) is 6.62. The van der Waals surface area contributed by atoms with E-state index in [0.29, 0.717) is 0 Å². The molecule has 18 heavy (non-hydrogen) atoms. The van der Waals surface area contributed by atoms with Crippen LogP contribution in [-0.2, 0) is 4.79 Å². The number of hydrogen-bond donors (Lipinski definition) is 1. The fraction of sp³-hybridized carbons (Fsp3) is 0.500. The molecule has 1 heterocycles. The molecule has 1 aromatic carbocycles. The normalized spacial score (nSPS) is 21.3. The molecule has 0 aliphatic carbocycles. The van der Waals surface area contributed by atoms with Crippen molar-refractivity contribution in [3.63, 3.8) is 0 Å². The highest BCUT2D eigenvalue weighted by molar-refractivity contribution is 9.10. The minimum atomic E-state index is 0.0672. The Morgan fingerprint density at radius 3 is 3.00 bits per heavy atom. The van der Waals surface area contributed by atoms with Crippen molar-refractivity contribution in [2.75, 3.05) is 5.75 Å². The van der Waals surface area contributed by atoms with Crippen molar-refractivity contribution < 1.29 is 4.79 Å². The number of carbonyl (C=O) groups is 1. The first-order valence-corrected chi connectivity index (χ1v) is 8.18. The van der Waals surface area contributed by atoms with Crippen LogP contribution in [0.3, 0.4) is 0 Å². The van der Waals surface area contributed by atoms with E-state index in [1.165, 1.54) is 12.8 Å². The number of thioether (sulfide) groups is 1. The molecule has 1 fully saturated rings. The maximum Gasteiger partial charge on any atom is 0.233 e. The lowest BCUT2D eigenvalue weighted by Gasteiger charge is -2.23. The molecule has 98 valence electrons. The van der Waals surface area contributed by atoms with Crippen molar-refractivity contribution in [2.45, 2.75) is 37.5 Å². The first-order valence-electron chi connectivity index (χ1n) is 6.34. The topological polar surface area (TPSA) is 29.1 Å². The number of carbonyl (C=O) groups excluding carboxylic acids is 1. The predicted molar refractivity (Wildman–Crippen MR) is 80.8 cm³/mol. The molecule has 0 saturated carbocycles. The first-order chi connectivity index (χ1) is 8.66. The van der Waals surface area contributed by atoms with E-state index in [-0.39, 0.29) is 17.2 Å². The minimum Gasteiger partial charge on any atom is -0.349 e. The molecule has 0 aromatic heterocycles. The van der Waals surface area contributed by atoms with Crippen LogP contribution < -0.4 is 5.32 Å². The Balaban J connectivity index is 1.94. The van der Waals surface area contributed by atoms with Crippen LogP contribution in [0, 0.1) is 0 Å². The maximum atomic E-state index is 12.1. The van der Waals surface area contributed by atoms with Gasteiger partial charge in [-0.15, -0.1) is 11.8 Å². The van der Waals surface area contributed by atoms with E-state index in [9.17, 15) is 4.79 Å². The third-order valence-electron chi connectivity index (χ3n) is 3.18. The van der Waals surface area contributed by atoms with Crippen LogP contribution in [-0.4, -0.2) is 16.9 Å². The summed E-state index contributed by atoms with van der Waals surface area (Å²) in [6.45, 7) is 2.03. The van der Waals surface area contributed by atoms with Gasteiger partial charge in [-0.1, -0.05) is 34.5 Å². The average Bonchev–Trinajstić information content (AvgIpc) is 2.39. The monoisotopic (exact) mass is 327 g/mol. The maximum absolute atomic E-state index is 12.1. The van der Waals surface area contributed by atoms with Crippen LogP contribution in [0.15, 0.2) is 28.7 Å². The Labute approximate surface area is 121 Å². The first kappa shape index (κ1) is 13.9. The molecule has 1 N–H and O–H groups in total. The number of nitrogens with one attached hydrogen (secondary N) is 1. The van der Waals surface area contributed by atoms with Gasteiger partial charge in [0.25, 0.3) is 0 Å². The quantitative estimate of drug-likeness (QED) is 0.911. The van der Waals surface area contributed by atoms with Crippen LogP contribution in [0.25, 0.3) is 0 Å². The highest BCUT2D eigenvalue weighted by Crippen LogP contribution is 2.26. The molecule has 0 spiro atoms. The second-order valence-electron chi connectivity index (χ2n) is 4.64. The fourth-order valence-corrected chi connectivity index (χ4v) is 3.74. The summed E-state index contributed by atoms with van der Waals surface area (Å²) in [7, 11) is 0. The molecule has 2 atom stereocenters. The fourth-order valence-electron chi connectivity index (χ4n) is 2.11. The van der Waals surface area contributed by atoms with E-state index in [1.54, 1.807) is 11.8 Å². The van der Waals surface area contributed by atoms with Gasteiger partial charge in [0, 0.05) is 4.47 Å². The Kier molecular flexibility index (Phi) is 5.13. The van der Waals surface area contributed by atoms with Gasteiger partial charge in [-0.05, 0) is 43.2 Å². The van der Waals surface area contributed by atoms with E-state index < -0.39 is 0 Å². The molecule has 2 nitrogen and oxygen atoms in total. The van der Waals surface area contributed by atoms with Crippen LogP contribution in [0.1, 0.15) is 37.8 Å². The van der Waals surface area contributed by atoms with Gasteiger partial charge in [0.15, 0.2) is 0 Å². The van der Waals surface area contributed by atoms with Gasteiger partial charge in [0.2, 0.25) is 5.91 Å². The third kappa shape index (κ3) is 3.75. The molecule has 2 rings (SSSR count). The number of amides is 1. The van der Waals surface area contributed by atoms with E-state index in [2.05, 4.69) is 27.3 Å². The molecule has 1 aliphatic rings. The summed E-state index contributed by atoms with van der Waals surface area (Å²) in [5.74, 6) is 1.30. The highest BCUT2D eigenvalue weighted by atomic mass is 79.9.